The molecule has 0 aliphatic rings. The van der Waals surface area contributed by atoms with Crippen molar-refractivity contribution in [2.45, 2.75) is 39.8 Å². The molecule has 0 spiro atoms. The maximum Gasteiger partial charge on any atom is 0.332 e. The van der Waals surface area contributed by atoms with Crippen molar-refractivity contribution in [1.29, 1.82) is 5.41 Å². The number of carbonyl (C=O) groups is 2. The number of hydrogen-bond acceptors (Lipinski definition) is 7. The van der Waals surface area contributed by atoms with E-state index in [0.29, 0.717) is 30.1 Å². The Morgan fingerprint density at radius 2 is 1.67 bits per heavy atom. The van der Waals surface area contributed by atoms with E-state index in [2.05, 4.69) is 10.6 Å². The summed E-state index contributed by atoms with van der Waals surface area (Å²) in [5, 5.41) is 13.8. The fourth-order valence-corrected chi connectivity index (χ4v) is 4.43. The number of nitrogens with one attached hydrogen (secondary N) is 3. The summed E-state index contributed by atoms with van der Waals surface area (Å²) in [7, 11) is 2.87. The van der Waals surface area contributed by atoms with Crippen LogP contribution >= 0.6 is 11.6 Å². The highest BCUT2D eigenvalue weighted by molar-refractivity contribution is 6.32. The van der Waals surface area contributed by atoms with Crippen molar-refractivity contribution in [3.8, 4) is 11.5 Å². The predicted molar refractivity (Wildman–Crippen MR) is 150 cm³/mol. The molecule has 0 bridgehead atoms. The predicted octanol–water partition coefficient (Wildman–Crippen LogP) is 3.04. The van der Waals surface area contributed by atoms with E-state index < -0.39 is 36.2 Å². The van der Waals surface area contributed by atoms with Gasteiger partial charge in [-0.1, -0.05) is 37.6 Å². The molecule has 3 aromatic rings. The minimum atomic E-state index is -0.808. The van der Waals surface area contributed by atoms with Gasteiger partial charge >= 0.3 is 5.69 Å². The lowest BCUT2D eigenvalue weighted by Gasteiger charge is -2.17. The molecule has 0 radical (unpaired) electrons. The standard InChI is InChI=1S/C27H32ClN5O6/c1-5-16(19(29)6-2)13-30-24(34)14-33-26(36)17-9-7-8-10-21(17)32(27(33)37)15-25(35)31-20-11-18(28)22(38-3)12-23(20)39-4/h7-12,16,29H,5-6,13-15H2,1-4H3,(H,30,34)(H,31,35)/t16-/m1/s1. The molecule has 0 saturated heterocycles. The van der Waals surface area contributed by atoms with Crippen molar-refractivity contribution in [2.75, 3.05) is 26.1 Å². The Labute approximate surface area is 230 Å². The van der Waals surface area contributed by atoms with Crippen LogP contribution in [0.25, 0.3) is 10.9 Å². The van der Waals surface area contributed by atoms with Gasteiger partial charge in [-0.3, -0.25) is 23.5 Å². The van der Waals surface area contributed by atoms with Gasteiger partial charge in [-0.2, -0.15) is 0 Å². The van der Waals surface area contributed by atoms with E-state index in [1.54, 1.807) is 18.2 Å². The van der Waals surface area contributed by atoms with E-state index in [0.717, 1.165) is 9.13 Å². The first-order chi connectivity index (χ1) is 18.6. The fraction of sp³-hybridized carbons (Fsp3) is 0.370. The zero-order valence-electron chi connectivity index (χ0n) is 22.3. The van der Waals surface area contributed by atoms with Crippen LogP contribution in [0.3, 0.4) is 0 Å². The van der Waals surface area contributed by atoms with Crippen molar-refractivity contribution in [1.82, 2.24) is 14.5 Å². The third-order valence-electron chi connectivity index (χ3n) is 6.40. The Kier molecular flexibility index (Phi) is 9.89. The van der Waals surface area contributed by atoms with Gasteiger partial charge in [0.15, 0.2) is 0 Å². The number of para-hydroxylation sites is 1. The van der Waals surface area contributed by atoms with E-state index in [1.807, 2.05) is 13.8 Å². The number of fused-ring (bicyclic) bond motifs is 1. The quantitative estimate of drug-likeness (QED) is 0.292. The number of ether oxygens (including phenoxy) is 2. The van der Waals surface area contributed by atoms with Crippen molar-refractivity contribution in [3.63, 3.8) is 0 Å². The second-order valence-electron chi connectivity index (χ2n) is 8.80. The maximum absolute atomic E-state index is 13.4. The molecule has 3 N–H and O–H groups in total. The average molecular weight is 558 g/mol. The molecular weight excluding hydrogens is 526 g/mol. The smallest absolute Gasteiger partial charge is 0.332 e. The summed E-state index contributed by atoms with van der Waals surface area (Å²) in [5.74, 6) is -0.599. The lowest BCUT2D eigenvalue weighted by atomic mass is 9.98. The molecule has 0 aliphatic heterocycles. The van der Waals surface area contributed by atoms with Gasteiger partial charge in [0.1, 0.15) is 24.6 Å². The molecule has 1 aromatic heterocycles. The summed E-state index contributed by atoms with van der Waals surface area (Å²) in [4.78, 5) is 52.3. The van der Waals surface area contributed by atoms with Crippen LogP contribution in [0.15, 0.2) is 46.0 Å². The monoisotopic (exact) mass is 557 g/mol. The summed E-state index contributed by atoms with van der Waals surface area (Å²) in [6.07, 6.45) is 1.24. The molecule has 1 heterocycles. The number of methoxy groups -OCH3 is 2. The topological polar surface area (TPSA) is 145 Å². The summed E-state index contributed by atoms with van der Waals surface area (Å²) >= 11 is 6.20. The minimum Gasteiger partial charge on any atom is -0.495 e. The third-order valence-corrected chi connectivity index (χ3v) is 6.69. The molecule has 0 fully saturated rings. The molecule has 39 heavy (non-hydrogen) atoms. The molecule has 12 heteroatoms. The Balaban J connectivity index is 1.92. The lowest BCUT2D eigenvalue weighted by Crippen LogP contribution is -2.45. The Morgan fingerprint density at radius 1 is 1.00 bits per heavy atom. The molecule has 11 nitrogen and oxygen atoms in total. The second kappa shape index (κ2) is 13.1. The van der Waals surface area contributed by atoms with Crippen LogP contribution in [0.5, 0.6) is 11.5 Å². The maximum atomic E-state index is 13.4. The fourth-order valence-electron chi connectivity index (χ4n) is 4.19. The number of aromatic nitrogens is 2. The first-order valence-corrected chi connectivity index (χ1v) is 12.8. The van der Waals surface area contributed by atoms with Gasteiger partial charge in [-0.15, -0.1) is 0 Å². The van der Waals surface area contributed by atoms with Crippen molar-refractivity contribution in [2.24, 2.45) is 5.92 Å². The number of carbonyl (C=O) groups excluding carboxylic acids is 2. The number of nitrogens with zero attached hydrogens (tertiary/aromatic N) is 2. The van der Waals surface area contributed by atoms with Gasteiger partial charge in [-0.05, 0) is 31.0 Å². The highest BCUT2D eigenvalue weighted by Crippen LogP contribution is 2.35. The van der Waals surface area contributed by atoms with E-state index >= 15 is 0 Å². The Hall–Kier alpha value is -4.12. The number of amides is 2. The Morgan fingerprint density at radius 3 is 2.31 bits per heavy atom. The van der Waals surface area contributed by atoms with Crippen LogP contribution < -0.4 is 31.4 Å². The number of benzene rings is 2. The van der Waals surface area contributed by atoms with Crippen LogP contribution in [0.1, 0.15) is 26.7 Å². The van der Waals surface area contributed by atoms with E-state index in [9.17, 15) is 19.2 Å². The zero-order valence-corrected chi connectivity index (χ0v) is 23.1. The highest BCUT2D eigenvalue weighted by atomic mass is 35.5. The summed E-state index contributed by atoms with van der Waals surface area (Å²) in [6.45, 7) is 3.06. The van der Waals surface area contributed by atoms with E-state index in [1.165, 1.54) is 32.4 Å². The van der Waals surface area contributed by atoms with Crippen molar-refractivity contribution < 1.29 is 19.1 Å². The molecule has 3 rings (SSSR count). The number of halogens is 1. The summed E-state index contributed by atoms with van der Waals surface area (Å²) < 4.78 is 12.4. The van der Waals surface area contributed by atoms with Gasteiger partial charge < -0.3 is 25.5 Å². The summed E-state index contributed by atoms with van der Waals surface area (Å²) in [6, 6.07) is 9.35. The molecule has 0 saturated carbocycles. The van der Waals surface area contributed by atoms with Crippen molar-refractivity contribution in [3.05, 3.63) is 62.3 Å². The Bertz CT molecular complexity index is 1510. The van der Waals surface area contributed by atoms with Crippen LogP contribution in [0.4, 0.5) is 5.69 Å². The first-order valence-electron chi connectivity index (χ1n) is 12.4. The highest BCUT2D eigenvalue weighted by Gasteiger charge is 2.19. The third kappa shape index (κ3) is 6.66. The van der Waals surface area contributed by atoms with Gasteiger partial charge in [-0.25, -0.2) is 4.79 Å². The number of hydrogen-bond donors (Lipinski definition) is 3. The van der Waals surface area contributed by atoms with Gasteiger partial charge in [0.2, 0.25) is 11.8 Å². The largest absolute Gasteiger partial charge is 0.495 e. The zero-order chi connectivity index (χ0) is 28.7. The molecule has 208 valence electrons. The molecular formula is C27H32ClN5O6. The van der Waals surface area contributed by atoms with E-state index in [4.69, 9.17) is 26.5 Å². The lowest BCUT2D eigenvalue weighted by molar-refractivity contribution is -0.121. The van der Waals surface area contributed by atoms with Gasteiger partial charge in [0, 0.05) is 24.2 Å². The molecule has 0 aliphatic carbocycles. The van der Waals surface area contributed by atoms with Gasteiger partial charge in [0.25, 0.3) is 5.56 Å². The minimum absolute atomic E-state index is 0.129. The van der Waals surface area contributed by atoms with Crippen LogP contribution in [0, 0.1) is 11.3 Å². The second-order valence-corrected chi connectivity index (χ2v) is 9.21. The normalized spacial score (nSPS) is 11.6. The van der Waals surface area contributed by atoms with Gasteiger partial charge in [0.05, 0.1) is 35.8 Å². The van der Waals surface area contributed by atoms with Crippen LogP contribution in [0.2, 0.25) is 5.02 Å². The first kappa shape index (κ1) is 29.4. The van der Waals surface area contributed by atoms with Crippen molar-refractivity contribution >= 4 is 45.7 Å². The molecule has 2 aromatic carbocycles. The van der Waals surface area contributed by atoms with Crippen LogP contribution in [-0.4, -0.2) is 47.4 Å². The SMILES string of the molecule is CCC(=N)[C@H](CC)CNC(=O)Cn1c(=O)c2ccccc2n(CC(=O)Nc2cc(Cl)c(OC)cc2OC)c1=O. The molecule has 0 unspecified atom stereocenters. The number of anilines is 1. The molecule has 1 atom stereocenters. The summed E-state index contributed by atoms with van der Waals surface area (Å²) in [5.41, 5.74) is -0.414. The number of rotatable bonds is 12. The average Bonchev–Trinajstić information content (AvgIpc) is 2.93. The van der Waals surface area contributed by atoms with E-state index in [-0.39, 0.29) is 34.1 Å². The van der Waals surface area contributed by atoms with Crippen LogP contribution in [-0.2, 0) is 22.7 Å². The molecule has 2 amide bonds.